The molecule has 0 N–H and O–H groups in total. The van der Waals surface area contributed by atoms with Crippen molar-refractivity contribution in [2.75, 3.05) is 33.9 Å². The standard InChI is InChI=1S/C18H25N3O3/c1-22-17-11-18(23-2)21(19-17)14-16-13-20(9-6-10-24-16)12-15-7-4-3-5-8-15/h3-5,7-8,11,16H,6,9-10,12-14H2,1-2H3. The predicted octanol–water partition coefficient (Wildman–Crippen LogP) is 2.19. The van der Waals surface area contributed by atoms with Gasteiger partial charge in [-0.1, -0.05) is 30.3 Å². The van der Waals surface area contributed by atoms with E-state index in [0.29, 0.717) is 18.3 Å². The summed E-state index contributed by atoms with van der Waals surface area (Å²) in [5, 5.41) is 4.40. The number of rotatable bonds is 6. The second kappa shape index (κ2) is 8.17. The van der Waals surface area contributed by atoms with Crippen molar-refractivity contribution in [1.82, 2.24) is 14.7 Å². The van der Waals surface area contributed by atoms with Crippen LogP contribution in [0.5, 0.6) is 11.8 Å². The molecule has 0 bridgehead atoms. The minimum Gasteiger partial charge on any atom is -0.481 e. The van der Waals surface area contributed by atoms with E-state index in [1.165, 1.54) is 5.56 Å². The molecule has 1 aliphatic heterocycles. The summed E-state index contributed by atoms with van der Waals surface area (Å²) in [4.78, 5) is 2.44. The van der Waals surface area contributed by atoms with Gasteiger partial charge in [0, 0.05) is 26.2 Å². The molecule has 2 aromatic rings. The number of aromatic nitrogens is 2. The number of hydrogen-bond acceptors (Lipinski definition) is 5. The van der Waals surface area contributed by atoms with Gasteiger partial charge >= 0.3 is 0 Å². The van der Waals surface area contributed by atoms with Crippen molar-refractivity contribution in [3.8, 4) is 11.8 Å². The molecule has 1 fully saturated rings. The molecule has 1 aromatic heterocycles. The molecule has 1 saturated heterocycles. The molecular formula is C18H25N3O3. The van der Waals surface area contributed by atoms with Crippen molar-refractivity contribution in [1.29, 1.82) is 0 Å². The minimum absolute atomic E-state index is 0.0784. The van der Waals surface area contributed by atoms with Gasteiger partial charge in [0.25, 0.3) is 0 Å². The van der Waals surface area contributed by atoms with Gasteiger partial charge in [-0.2, -0.15) is 0 Å². The summed E-state index contributed by atoms with van der Waals surface area (Å²) in [6, 6.07) is 12.3. The van der Waals surface area contributed by atoms with Gasteiger partial charge in [0.15, 0.2) is 0 Å². The summed E-state index contributed by atoms with van der Waals surface area (Å²) < 4.78 is 18.4. The molecule has 1 unspecified atom stereocenters. The Hall–Kier alpha value is -2.05. The van der Waals surface area contributed by atoms with Gasteiger partial charge in [-0.05, 0) is 12.0 Å². The van der Waals surface area contributed by atoms with E-state index in [0.717, 1.165) is 32.7 Å². The van der Waals surface area contributed by atoms with Gasteiger partial charge in [-0.15, -0.1) is 5.10 Å². The Morgan fingerprint density at radius 2 is 2.04 bits per heavy atom. The lowest BCUT2D eigenvalue weighted by Gasteiger charge is -2.24. The lowest BCUT2D eigenvalue weighted by molar-refractivity contribution is 0.0373. The first-order valence-electron chi connectivity index (χ1n) is 8.32. The molecule has 0 spiro atoms. The van der Waals surface area contributed by atoms with Crippen LogP contribution >= 0.6 is 0 Å². The second-order valence-corrected chi connectivity index (χ2v) is 5.98. The Bertz CT molecular complexity index is 630. The maximum atomic E-state index is 6.02. The zero-order valence-corrected chi connectivity index (χ0v) is 14.4. The van der Waals surface area contributed by atoms with E-state index in [9.17, 15) is 0 Å². The fourth-order valence-electron chi connectivity index (χ4n) is 3.03. The molecule has 24 heavy (non-hydrogen) atoms. The topological polar surface area (TPSA) is 48.8 Å². The van der Waals surface area contributed by atoms with Crippen molar-refractivity contribution in [3.63, 3.8) is 0 Å². The summed E-state index contributed by atoms with van der Waals surface area (Å²) in [7, 11) is 3.25. The third-order valence-electron chi connectivity index (χ3n) is 4.20. The quantitative estimate of drug-likeness (QED) is 0.812. The van der Waals surface area contributed by atoms with Gasteiger partial charge in [0.05, 0.1) is 32.9 Å². The highest BCUT2D eigenvalue weighted by atomic mass is 16.5. The second-order valence-electron chi connectivity index (χ2n) is 5.98. The Morgan fingerprint density at radius 3 is 2.79 bits per heavy atom. The van der Waals surface area contributed by atoms with Crippen LogP contribution in [0, 0.1) is 0 Å². The fourth-order valence-corrected chi connectivity index (χ4v) is 3.03. The lowest BCUT2D eigenvalue weighted by Crippen LogP contribution is -2.34. The summed E-state index contributed by atoms with van der Waals surface area (Å²) in [6.07, 6.45) is 1.12. The first kappa shape index (κ1) is 16.8. The highest BCUT2D eigenvalue weighted by molar-refractivity contribution is 5.20. The molecule has 0 saturated carbocycles. The summed E-state index contributed by atoms with van der Waals surface area (Å²) in [5.41, 5.74) is 1.33. The third kappa shape index (κ3) is 4.27. The first-order valence-corrected chi connectivity index (χ1v) is 8.32. The molecule has 130 valence electrons. The minimum atomic E-state index is 0.0784. The highest BCUT2D eigenvalue weighted by Gasteiger charge is 2.21. The van der Waals surface area contributed by atoms with Crippen LogP contribution in [0.15, 0.2) is 36.4 Å². The molecule has 0 aliphatic carbocycles. The van der Waals surface area contributed by atoms with Crippen LogP contribution in [0.3, 0.4) is 0 Å². The smallest absolute Gasteiger partial charge is 0.236 e. The predicted molar refractivity (Wildman–Crippen MR) is 91.4 cm³/mol. The Balaban J connectivity index is 1.65. The number of ether oxygens (including phenoxy) is 3. The average Bonchev–Trinajstić information content (AvgIpc) is 2.88. The molecule has 6 heteroatoms. The van der Waals surface area contributed by atoms with Crippen LogP contribution in [0.1, 0.15) is 12.0 Å². The summed E-state index contributed by atoms with van der Waals surface area (Å²) in [5.74, 6) is 1.25. The van der Waals surface area contributed by atoms with Crippen LogP contribution < -0.4 is 9.47 Å². The molecule has 2 heterocycles. The van der Waals surface area contributed by atoms with Crippen LogP contribution in [0.25, 0.3) is 0 Å². The Kier molecular flexibility index (Phi) is 5.72. The van der Waals surface area contributed by atoms with Crippen LogP contribution in [-0.4, -0.2) is 54.7 Å². The van der Waals surface area contributed by atoms with Crippen molar-refractivity contribution in [3.05, 3.63) is 42.0 Å². The summed E-state index contributed by atoms with van der Waals surface area (Å²) in [6.45, 7) is 4.29. The molecular weight excluding hydrogens is 306 g/mol. The lowest BCUT2D eigenvalue weighted by atomic mass is 10.2. The van der Waals surface area contributed by atoms with E-state index >= 15 is 0 Å². The Labute approximate surface area is 142 Å². The van der Waals surface area contributed by atoms with E-state index in [-0.39, 0.29) is 6.10 Å². The molecule has 0 radical (unpaired) electrons. The number of methoxy groups -OCH3 is 2. The van der Waals surface area contributed by atoms with Gasteiger partial charge in [-0.3, -0.25) is 4.90 Å². The van der Waals surface area contributed by atoms with E-state index in [1.54, 1.807) is 20.3 Å². The molecule has 1 aliphatic rings. The monoisotopic (exact) mass is 331 g/mol. The maximum Gasteiger partial charge on any atom is 0.236 e. The van der Waals surface area contributed by atoms with Crippen molar-refractivity contribution in [2.24, 2.45) is 0 Å². The van der Waals surface area contributed by atoms with Gasteiger partial charge in [-0.25, -0.2) is 4.68 Å². The van der Waals surface area contributed by atoms with Gasteiger partial charge in [0.1, 0.15) is 0 Å². The van der Waals surface area contributed by atoms with E-state index in [4.69, 9.17) is 14.2 Å². The van der Waals surface area contributed by atoms with E-state index in [1.807, 2.05) is 4.68 Å². The van der Waals surface area contributed by atoms with Crippen molar-refractivity contribution < 1.29 is 14.2 Å². The first-order chi connectivity index (χ1) is 11.8. The van der Waals surface area contributed by atoms with E-state index < -0.39 is 0 Å². The number of nitrogens with zero attached hydrogens (tertiary/aromatic N) is 3. The van der Waals surface area contributed by atoms with E-state index in [2.05, 4.69) is 40.3 Å². The number of benzene rings is 1. The van der Waals surface area contributed by atoms with Crippen LogP contribution in [0.4, 0.5) is 0 Å². The van der Waals surface area contributed by atoms with Crippen molar-refractivity contribution in [2.45, 2.75) is 25.6 Å². The van der Waals surface area contributed by atoms with Crippen LogP contribution in [-0.2, 0) is 17.8 Å². The van der Waals surface area contributed by atoms with Gasteiger partial charge < -0.3 is 14.2 Å². The fraction of sp³-hybridized carbons (Fsp3) is 0.500. The zero-order valence-electron chi connectivity index (χ0n) is 14.4. The SMILES string of the molecule is COc1cc(OC)n(CC2CN(Cc3ccccc3)CCCO2)n1. The average molecular weight is 331 g/mol. The van der Waals surface area contributed by atoms with Crippen LogP contribution in [0.2, 0.25) is 0 Å². The van der Waals surface area contributed by atoms with Crippen molar-refractivity contribution >= 4 is 0 Å². The largest absolute Gasteiger partial charge is 0.481 e. The number of hydrogen-bond donors (Lipinski definition) is 0. The molecule has 0 amide bonds. The zero-order chi connectivity index (χ0) is 16.8. The van der Waals surface area contributed by atoms with Gasteiger partial charge in [0.2, 0.25) is 11.8 Å². The molecule has 1 aromatic carbocycles. The molecule has 3 rings (SSSR count). The molecule has 1 atom stereocenters. The highest BCUT2D eigenvalue weighted by Crippen LogP contribution is 2.20. The Morgan fingerprint density at radius 1 is 1.21 bits per heavy atom. The normalized spacial score (nSPS) is 19.0. The summed E-state index contributed by atoms with van der Waals surface area (Å²) >= 11 is 0. The maximum absolute atomic E-state index is 6.02. The molecule has 6 nitrogen and oxygen atoms in total. The third-order valence-corrected chi connectivity index (χ3v) is 4.20.